The molecule has 0 saturated carbocycles. The number of rotatable bonds is 6. The molecule has 7 heteroatoms. The maximum absolute atomic E-state index is 11.8. The minimum Gasteiger partial charge on any atom is -0.487 e. The SMILES string of the molecule is COC(=O)CNC(=O)c1ccc(OCc2cscn2)cc1. The lowest BCUT2D eigenvalue weighted by Crippen LogP contribution is -2.30. The van der Waals surface area contributed by atoms with Crippen molar-refractivity contribution in [2.75, 3.05) is 13.7 Å². The molecule has 1 amide bonds. The van der Waals surface area contributed by atoms with E-state index in [0.29, 0.717) is 17.9 Å². The molecule has 0 atom stereocenters. The lowest BCUT2D eigenvalue weighted by molar-refractivity contribution is -0.139. The largest absolute Gasteiger partial charge is 0.487 e. The number of methoxy groups -OCH3 is 1. The van der Waals surface area contributed by atoms with E-state index in [0.717, 1.165) is 5.69 Å². The molecule has 2 rings (SSSR count). The summed E-state index contributed by atoms with van der Waals surface area (Å²) < 4.78 is 9.98. The third-order valence-electron chi connectivity index (χ3n) is 2.61. The molecule has 1 N–H and O–H groups in total. The summed E-state index contributed by atoms with van der Waals surface area (Å²) in [6, 6.07) is 6.64. The molecule has 6 nitrogen and oxygen atoms in total. The summed E-state index contributed by atoms with van der Waals surface area (Å²) in [7, 11) is 1.27. The van der Waals surface area contributed by atoms with Crippen molar-refractivity contribution in [3.05, 3.63) is 46.4 Å². The average molecular weight is 306 g/mol. The van der Waals surface area contributed by atoms with Crippen molar-refractivity contribution in [2.45, 2.75) is 6.61 Å². The second-order valence-electron chi connectivity index (χ2n) is 4.05. The third kappa shape index (κ3) is 4.57. The van der Waals surface area contributed by atoms with Gasteiger partial charge in [0.2, 0.25) is 0 Å². The standard InChI is InChI=1S/C14H14N2O4S/c1-19-13(17)6-15-14(18)10-2-4-12(5-3-10)20-7-11-8-21-9-16-11/h2-5,8-9H,6-7H2,1H3,(H,15,18). The lowest BCUT2D eigenvalue weighted by atomic mass is 10.2. The molecule has 0 fully saturated rings. The molecule has 2 aromatic rings. The Hall–Kier alpha value is -2.41. The molecule has 0 aliphatic rings. The van der Waals surface area contributed by atoms with Crippen LogP contribution < -0.4 is 10.1 Å². The first-order valence-corrected chi connectivity index (χ1v) is 7.08. The van der Waals surface area contributed by atoms with Gasteiger partial charge in [-0.2, -0.15) is 0 Å². The topological polar surface area (TPSA) is 77.5 Å². The van der Waals surface area contributed by atoms with E-state index < -0.39 is 5.97 Å². The highest BCUT2D eigenvalue weighted by Crippen LogP contribution is 2.14. The Labute approximate surface area is 125 Å². The van der Waals surface area contributed by atoms with E-state index in [-0.39, 0.29) is 12.5 Å². The van der Waals surface area contributed by atoms with Gasteiger partial charge in [-0.25, -0.2) is 4.98 Å². The quantitative estimate of drug-likeness (QED) is 0.821. The first kappa shape index (κ1) is 15.0. The zero-order valence-electron chi connectivity index (χ0n) is 11.4. The molecular formula is C14H14N2O4S. The zero-order valence-corrected chi connectivity index (χ0v) is 12.2. The summed E-state index contributed by atoms with van der Waals surface area (Å²) >= 11 is 1.51. The Bertz CT molecular complexity index is 596. The maximum atomic E-state index is 11.8. The van der Waals surface area contributed by atoms with Crippen LogP contribution in [0.15, 0.2) is 35.2 Å². The molecule has 0 aliphatic heterocycles. The van der Waals surface area contributed by atoms with E-state index in [1.54, 1.807) is 29.8 Å². The maximum Gasteiger partial charge on any atom is 0.325 e. The minimum atomic E-state index is -0.494. The van der Waals surface area contributed by atoms with E-state index in [9.17, 15) is 9.59 Å². The van der Waals surface area contributed by atoms with Gasteiger partial charge in [-0.15, -0.1) is 11.3 Å². The second-order valence-corrected chi connectivity index (χ2v) is 4.77. The number of nitrogens with one attached hydrogen (secondary N) is 1. The Balaban J connectivity index is 1.86. The van der Waals surface area contributed by atoms with Crippen LogP contribution in [0.5, 0.6) is 5.75 Å². The Morgan fingerprint density at radius 2 is 2.05 bits per heavy atom. The van der Waals surface area contributed by atoms with Gasteiger partial charge < -0.3 is 14.8 Å². The van der Waals surface area contributed by atoms with Gasteiger partial charge in [0, 0.05) is 10.9 Å². The predicted octanol–water partition coefficient (Wildman–Crippen LogP) is 1.62. The van der Waals surface area contributed by atoms with Gasteiger partial charge >= 0.3 is 5.97 Å². The lowest BCUT2D eigenvalue weighted by Gasteiger charge is -2.06. The summed E-state index contributed by atoms with van der Waals surface area (Å²) in [5.41, 5.74) is 3.05. The molecule has 110 valence electrons. The first-order valence-electron chi connectivity index (χ1n) is 6.14. The van der Waals surface area contributed by atoms with Crippen LogP contribution in [0.4, 0.5) is 0 Å². The highest BCUT2D eigenvalue weighted by molar-refractivity contribution is 7.07. The molecule has 1 heterocycles. The van der Waals surface area contributed by atoms with Crippen molar-refractivity contribution in [3.8, 4) is 5.75 Å². The van der Waals surface area contributed by atoms with Gasteiger partial charge in [0.05, 0.1) is 18.3 Å². The van der Waals surface area contributed by atoms with E-state index in [4.69, 9.17) is 4.74 Å². The van der Waals surface area contributed by atoms with Crippen molar-refractivity contribution in [2.24, 2.45) is 0 Å². The van der Waals surface area contributed by atoms with Crippen molar-refractivity contribution < 1.29 is 19.1 Å². The third-order valence-corrected chi connectivity index (χ3v) is 3.24. The highest BCUT2D eigenvalue weighted by atomic mass is 32.1. The zero-order chi connectivity index (χ0) is 15.1. The average Bonchev–Trinajstić information content (AvgIpc) is 3.04. The van der Waals surface area contributed by atoms with Crippen molar-refractivity contribution in [1.82, 2.24) is 10.3 Å². The molecule has 1 aromatic carbocycles. The van der Waals surface area contributed by atoms with Gasteiger partial charge in [-0.3, -0.25) is 9.59 Å². The highest BCUT2D eigenvalue weighted by Gasteiger charge is 2.08. The molecule has 0 saturated heterocycles. The smallest absolute Gasteiger partial charge is 0.325 e. The summed E-state index contributed by atoms with van der Waals surface area (Å²) in [6.45, 7) is 0.231. The van der Waals surface area contributed by atoms with Crippen LogP contribution in [-0.2, 0) is 16.1 Å². The van der Waals surface area contributed by atoms with Gasteiger partial charge in [0.1, 0.15) is 18.9 Å². The van der Waals surface area contributed by atoms with Crippen LogP contribution in [-0.4, -0.2) is 30.5 Å². The molecule has 0 aliphatic carbocycles. The minimum absolute atomic E-state index is 0.155. The number of nitrogens with zero attached hydrogens (tertiary/aromatic N) is 1. The van der Waals surface area contributed by atoms with Gasteiger partial charge in [0.15, 0.2) is 0 Å². The van der Waals surface area contributed by atoms with Gasteiger partial charge in [-0.1, -0.05) is 0 Å². The van der Waals surface area contributed by atoms with Crippen LogP contribution in [0.3, 0.4) is 0 Å². The number of esters is 1. The number of benzene rings is 1. The summed E-state index contributed by atoms with van der Waals surface area (Å²) in [5, 5.41) is 4.37. The molecule has 0 bridgehead atoms. The van der Waals surface area contributed by atoms with Gasteiger partial charge in [0.25, 0.3) is 5.91 Å². The monoisotopic (exact) mass is 306 g/mol. The number of amides is 1. The fourth-order valence-corrected chi connectivity index (χ4v) is 2.04. The van der Waals surface area contributed by atoms with Crippen molar-refractivity contribution in [1.29, 1.82) is 0 Å². The van der Waals surface area contributed by atoms with Crippen LogP contribution in [0.2, 0.25) is 0 Å². The van der Waals surface area contributed by atoms with Crippen molar-refractivity contribution in [3.63, 3.8) is 0 Å². The number of thiazole rings is 1. The molecule has 21 heavy (non-hydrogen) atoms. The van der Waals surface area contributed by atoms with E-state index >= 15 is 0 Å². The molecule has 0 spiro atoms. The van der Waals surface area contributed by atoms with Crippen molar-refractivity contribution >= 4 is 23.2 Å². The van der Waals surface area contributed by atoms with Crippen LogP contribution in [0.25, 0.3) is 0 Å². The normalized spacial score (nSPS) is 9.95. The Kier molecular flexibility index (Phi) is 5.28. The molecule has 0 unspecified atom stereocenters. The van der Waals surface area contributed by atoms with Gasteiger partial charge in [-0.05, 0) is 24.3 Å². The van der Waals surface area contributed by atoms with E-state index in [1.807, 2.05) is 5.38 Å². The van der Waals surface area contributed by atoms with Crippen LogP contribution in [0, 0.1) is 0 Å². The number of aromatic nitrogens is 1. The Morgan fingerprint density at radius 1 is 1.29 bits per heavy atom. The van der Waals surface area contributed by atoms with Crippen LogP contribution in [0.1, 0.15) is 16.1 Å². The Morgan fingerprint density at radius 3 is 2.67 bits per heavy atom. The second kappa shape index (κ2) is 7.39. The number of hydrogen-bond acceptors (Lipinski definition) is 6. The molecule has 0 radical (unpaired) electrons. The first-order chi connectivity index (χ1) is 10.2. The number of carbonyl (C=O) groups is 2. The fourth-order valence-electron chi connectivity index (χ4n) is 1.50. The molecular weight excluding hydrogens is 292 g/mol. The predicted molar refractivity (Wildman–Crippen MR) is 77.2 cm³/mol. The summed E-state index contributed by atoms with van der Waals surface area (Å²) in [6.07, 6.45) is 0. The number of ether oxygens (including phenoxy) is 2. The molecule has 1 aromatic heterocycles. The van der Waals surface area contributed by atoms with Crippen LogP contribution >= 0.6 is 11.3 Å². The summed E-state index contributed by atoms with van der Waals surface area (Å²) in [5.74, 6) is -0.189. The summed E-state index contributed by atoms with van der Waals surface area (Å²) in [4.78, 5) is 26.8. The van der Waals surface area contributed by atoms with E-state index in [1.165, 1.54) is 18.4 Å². The fraction of sp³-hybridized carbons (Fsp3) is 0.214. The van der Waals surface area contributed by atoms with E-state index in [2.05, 4.69) is 15.0 Å². The number of hydrogen-bond donors (Lipinski definition) is 1. The number of carbonyl (C=O) groups excluding carboxylic acids is 2.